The molecule has 0 spiro atoms. The summed E-state index contributed by atoms with van der Waals surface area (Å²) in [4.78, 5) is 26.3. The van der Waals surface area contributed by atoms with Crippen molar-refractivity contribution in [2.45, 2.75) is 31.7 Å². The molecule has 0 saturated carbocycles. The van der Waals surface area contributed by atoms with Crippen LogP contribution in [-0.2, 0) is 9.59 Å². The predicted octanol–water partition coefficient (Wildman–Crippen LogP) is 2.53. The number of carbonyl (C=O) groups is 2. The average Bonchev–Trinajstić information content (AvgIpc) is 2.52. The first-order valence-electron chi connectivity index (χ1n) is 7.40. The number of benzene rings is 1. The van der Waals surface area contributed by atoms with Crippen molar-refractivity contribution in [1.82, 2.24) is 10.2 Å². The Bertz CT molecular complexity index is 595. The van der Waals surface area contributed by atoms with Crippen LogP contribution in [0.5, 0.6) is 0 Å². The quantitative estimate of drug-likeness (QED) is 0.670. The first kappa shape index (κ1) is 16.4. The van der Waals surface area contributed by atoms with Gasteiger partial charge in [0.15, 0.2) is 0 Å². The average molecular weight is 319 g/mol. The van der Waals surface area contributed by atoms with Crippen molar-refractivity contribution in [3.63, 3.8) is 0 Å². The van der Waals surface area contributed by atoms with Gasteiger partial charge in [0.1, 0.15) is 6.04 Å². The van der Waals surface area contributed by atoms with Gasteiger partial charge in [-0.2, -0.15) is 0 Å². The standard InChI is InChI=1S/C17H19ClN2O2/c1-2-3-4-5-10-15(21)20-12-11-19-17(22)16(20)13-8-6-7-9-14(13)18/h1,6-9,16H,3-5,10-12H2,(H,19,22)/t16-/m0/s1. The summed E-state index contributed by atoms with van der Waals surface area (Å²) in [6, 6.07) is 6.49. The Hall–Kier alpha value is -1.99. The van der Waals surface area contributed by atoms with E-state index >= 15 is 0 Å². The van der Waals surface area contributed by atoms with Gasteiger partial charge in [0, 0.05) is 36.5 Å². The molecule has 1 aliphatic heterocycles. The molecule has 0 bridgehead atoms. The molecule has 1 aliphatic rings. The van der Waals surface area contributed by atoms with E-state index in [4.69, 9.17) is 18.0 Å². The molecule has 1 atom stereocenters. The molecule has 0 unspecified atom stereocenters. The van der Waals surface area contributed by atoms with Crippen LogP contribution in [-0.4, -0.2) is 29.8 Å². The third-order valence-electron chi connectivity index (χ3n) is 3.69. The van der Waals surface area contributed by atoms with E-state index in [2.05, 4.69) is 11.2 Å². The molecule has 2 rings (SSSR count). The highest BCUT2D eigenvalue weighted by molar-refractivity contribution is 6.31. The minimum absolute atomic E-state index is 0.0307. The van der Waals surface area contributed by atoms with E-state index < -0.39 is 6.04 Å². The van der Waals surface area contributed by atoms with Gasteiger partial charge in [-0.15, -0.1) is 12.3 Å². The van der Waals surface area contributed by atoms with E-state index in [1.807, 2.05) is 6.07 Å². The molecule has 1 saturated heterocycles. The fourth-order valence-corrected chi connectivity index (χ4v) is 2.83. The lowest BCUT2D eigenvalue weighted by Gasteiger charge is -2.35. The van der Waals surface area contributed by atoms with Crippen molar-refractivity contribution < 1.29 is 9.59 Å². The van der Waals surface area contributed by atoms with Crippen LogP contribution in [0.4, 0.5) is 0 Å². The SMILES string of the molecule is C#CCCCCC(=O)N1CCNC(=O)[C@@H]1c1ccccc1Cl. The largest absolute Gasteiger partial charge is 0.352 e. The molecular formula is C17H19ClN2O2. The Morgan fingerprint density at radius 3 is 2.91 bits per heavy atom. The molecule has 1 fully saturated rings. The molecule has 4 nitrogen and oxygen atoms in total. The number of terminal acetylenes is 1. The van der Waals surface area contributed by atoms with Crippen molar-refractivity contribution in [2.24, 2.45) is 0 Å². The molecule has 116 valence electrons. The maximum atomic E-state index is 12.5. The Morgan fingerprint density at radius 2 is 2.18 bits per heavy atom. The molecule has 22 heavy (non-hydrogen) atoms. The van der Waals surface area contributed by atoms with E-state index in [9.17, 15) is 9.59 Å². The van der Waals surface area contributed by atoms with E-state index in [0.717, 1.165) is 12.8 Å². The van der Waals surface area contributed by atoms with Gasteiger partial charge < -0.3 is 10.2 Å². The number of rotatable bonds is 5. The van der Waals surface area contributed by atoms with Crippen molar-refractivity contribution in [3.8, 4) is 12.3 Å². The van der Waals surface area contributed by atoms with Crippen molar-refractivity contribution >= 4 is 23.4 Å². The second kappa shape index (κ2) is 7.86. The Balaban J connectivity index is 2.14. The fraction of sp³-hybridized carbons (Fsp3) is 0.412. The molecule has 1 aromatic rings. The first-order valence-corrected chi connectivity index (χ1v) is 7.78. The molecule has 0 aromatic heterocycles. The third kappa shape index (κ3) is 3.80. The van der Waals surface area contributed by atoms with E-state index in [-0.39, 0.29) is 11.8 Å². The minimum atomic E-state index is -0.650. The van der Waals surface area contributed by atoms with Crippen molar-refractivity contribution in [2.75, 3.05) is 13.1 Å². The number of unbranched alkanes of at least 4 members (excludes halogenated alkanes) is 2. The van der Waals surface area contributed by atoms with Crippen LogP contribution in [0.15, 0.2) is 24.3 Å². The summed E-state index contributed by atoms with van der Waals surface area (Å²) < 4.78 is 0. The van der Waals surface area contributed by atoms with E-state index in [1.54, 1.807) is 23.1 Å². The smallest absolute Gasteiger partial charge is 0.247 e. The van der Waals surface area contributed by atoms with Crippen LogP contribution >= 0.6 is 11.6 Å². The van der Waals surface area contributed by atoms with Gasteiger partial charge in [0.05, 0.1) is 0 Å². The van der Waals surface area contributed by atoms with Crippen LogP contribution in [0.3, 0.4) is 0 Å². The number of hydrogen-bond donors (Lipinski definition) is 1. The summed E-state index contributed by atoms with van der Waals surface area (Å²) >= 11 is 6.20. The fourth-order valence-electron chi connectivity index (χ4n) is 2.59. The van der Waals surface area contributed by atoms with Crippen molar-refractivity contribution in [1.29, 1.82) is 0 Å². The Labute approximate surface area is 135 Å². The van der Waals surface area contributed by atoms with Crippen LogP contribution in [0.2, 0.25) is 5.02 Å². The van der Waals surface area contributed by atoms with Gasteiger partial charge in [-0.25, -0.2) is 0 Å². The lowest BCUT2D eigenvalue weighted by molar-refractivity contribution is -0.143. The second-order valence-electron chi connectivity index (χ2n) is 5.21. The predicted molar refractivity (Wildman–Crippen MR) is 86.2 cm³/mol. The lowest BCUT2D eigenvalue weighted by atomic mass is 10.0. The Morgan fingerprint density at radius 1 is 1.41 bits per heavy atom. The maximum absolute atomic E-state index is 12.5. The van der Waals surface area contributed by atoms with Gasteiger partial charge in [0.25, 0.3) is 0 Å². The number of nitrogens with one attached hydrogen (secondary N) is 1. The summed E-state index contributed by atoms with van der Waals surface area (Å²) in [7, 11) is 0. The highest BCUT2D eigenvalue weighted by Crippen LogP contribution is 2.29. The number of halogens is 1. The summed E-state index contributed by atoms with van der Waals surface area (Å²) in [5.41, 5.74) is 0.665. The normalized spacial score (nSPS) is 17.7. The number of piperazine rings is 1. The molecule has 1 aromatic carbocycles. The van der Waals surface area contributed by atoms with E-state index in [1.165, 1.54) is 0 Å². The van der Waals surface area contributed by atoms with Gasteiger partial charge in [-0.05, 0) is 18.9 Å². The summed E-state index contributed by atoms with van der Waals surface area (Å²) in [5, 5.41) is 3.30. The van der Waals surface area contributed by atoms with Gasteiger partial charge >= 0.3 is 0 Å². The maximum Gasteiger partial charge on any atom is 0.247 e. The lowest BCUT2D eigenvalue weighted by Crippen LogP contribution is -2.52. The minimum Gasteiger partial charge on any atom is -0.352 e. The van der Waals surface area contributed by atoms with Crippen molar-refractivity contribution in [3.05, 3.63) is 34.9 Å². The highest BCUT2D eigenvalue weighted by atomic mass is 35.5. The summed E-state index contributed by atoms with van der Waals surface area (Å²) in [5.74, 6) is 2.35. The van der Waals surface area contributed by atoms with Crippen LogP contribution < -0.4 is 5.32 Å². The zero-order chi connectivity index (χ0) is 15.9. The second-order valence-corrected chi connectivity index (χ2v) is 5.62. The highest BCUT2D eigenvalue weighted by Gasteiger charge is 2.34. The number of carbonyl (C=O) groups excluding carboxylic acids is 2. The van der Waals surface area contributed by atoms with Crippen LogP contribution in [0, 0.1) is 12.3 Å². The van der Waals surface area contributed by atoms with Crippen LogP contribution in [0.1, 0.15) is 37.3 Å². The number of hydrogen-bond acceptors (Lipinski definition) is 2. The van der Waals surface area contributed by atoms with Crippen LogP contribution in [0.25, 0.3) is 0 Å². The molecule has 0 radical (unpaired) electrons. The first-order chi connectivity index (χ1) is 10.6. The van der Waals surface area contributed by atoms with Gasteiger partial charge in [0.2, 0.25) is 11.8 Å². The molecule has 1 heterocycles. The molecule has 0 aliphatic carbocycles. The molecule has 1 N–H and O–H groups in total. The zero-order valence-corrected chi connectivity index (χ0v) is 13.1. The topological polar surface area (TPSA) is 49.4 Å². The van der Waals surface area contributed by atoms with Gasteiger partial charge in [-0.1, -0.05) is 29.8 Å². The summed E-state index contributed by atoms with van der Waals surface area (Å²) in [6.07, 6.45) is 7.83. The van der Waals surface area contributed by atoms with Gasteiger partial charge in [-0.3, -0.25) is 9.59 Å². The number of amides is 2. The monoisotopic (exact) mass is 318 g/mol. The zero-order valence-electron chi connectivity index (χ0n) is 12.3. The molecule has 2 amide bonds. The summed E-state index contributed by atoms with van der Waals surface area (Å²) in [6.45, 7) is 0.964. The molecular weight excluding hydrogens is 300 g/mol. The molecule has 5 heteroatoms. The Kier molecular flexibility index (Phi) is 5.85. The number of nitrogens with zero attached hydrogens (tertiary/aromatic N) is 1. The van der Waals surface area contributed by atoms with E-state index in [0.29, 0.717) is 36.5 Å². The third-order valence-corrected chi connectivity index (χ3v) is 4.04.